The number of aliphatic hydroxyl groups is 1. The monoisotopic (exact) mass is 217 g/mol. The third-order valence-electron chi connectivity index (χ3n) is 2.61. The maximum absolute atomic E-state index is 9.07. The van der Waals surface area contributed by atoms with Crippen molar-refractivity contribution >= 4 is 0 Å². The molecule has 3 heteroatoms. The topological polar surface area (TPSA) is 41.5 Å². The fraction of sp³-hybridized carbons (Fsp3) is 0.231. The van der Waals surface area contributed by atoms with E-state index in [0.717, 1.165) is 16.9 Å². The number of nitrogens with one attached hydrogen (secondary N) is 1. The summed E-state index contributed by atoms with van der Waals surface area (Å²) in [6.07, 6.45) is 5.75. The van der Waals surface area contributed by atoms with Crippen LogP contribution in [0.1, 0.15) is 11.6 Å². The van der Waals surface area contributed by atoms with Gasteiger partial charge in [0, 0.05) is 0 Å². The normalized spacial score (nSPS) is 18.9. The Morgan fingerprint density at radius 1 is 1.31 bits per heavy atom. The third-order valence-corrected chi connectivity index (χ3v) is 2.61. The van der Waals surface area contributed by atoms with Crippen LogP contribution in [0.25, 0.3) is 0 Å². The average Bonchev–Trinajstić information content (AvgIpc) is 2.39. The summed E-state index contributed by atoms with van der Waals surface area (Å²) in [6.45, 7) is 0.0742. The molecular formula is C13H15NO2. The van der Waals surface area contributed by atoms with Gasteiger partial charge in [-0.25, -0.2) is 0 Å². The molecule has 3 nitrogen and oxygen atoms in total. The van der Waals surface area contributed by atoms with Crippen LogP contribution in [0, 0.1) is 0 Å². The molecule has 16 heavy (non-hydrogen) atoms. The highest BCUT2D eigenvalue weighted by molar-refractivity contribution is 5.35. The maximum atomic E-state index is 9.07. The summed E-state index contributed by atoms with van der Waals surface area (Å²) < 4.78 is 5.11. The van der Waals surface area contributed by atoms with Gasteiger partial charge in [0.05, 0.1) is 19.8 Å². The fourth-order valence-electron chi connectivity index (χ4n) is 1.69. The van der Waals surface area contributed by atoms with Crippen LogP contribution in [0.2, 0.25) is 0 Å². The molecule has 84 valence electrons. The molecule has 2 rings (SSSR count). The minimum Gasteiger partial charge on any atom is -0.497 e. The lowest BCUT2D eigenvalue weighted by Crippen LogP contribution is -2.17. The Balaban J connectivity index is 2.18. The van der Waals surface area contributed by atoms with Crippen LogP contribution in [0.3, 0.4) is 0 Å². The van der Waals surface area contributed by atoms with E-state index in [2.05, 4.69) is 5.32 Å². The molecule has 0 saturated carbocycles. The third kappa shape index (κ3) is 2.25. The van der Waals surface area contributed by atoms with E-state index in [1.54, 1.807) is 7.11 Å². The molecule has 1 unspecified atom stereocenters. The SMILES string of the molecule is COc1ccc(C2C=C(CO)C=CN2)cc1. The summed E-state index contributed by atoms with van der Waals surface area (Å²) in [5, 5.41) is 12.3. The minimum absolute atomic E-state index is 0.0742. The van der Waals surface area contributed by atoms with Crippen LogP contribution < -0.4 is 10.1 Å². The second kappa shape index (κ2) is 4.86. The van der Waals surface area contributed by atoms with Crippen molar-refractivity contribution in [1.82, 2.24) is 5.32 Å². The molecule has 0 bridgehead atoms. The number of ether oxygens (including phenoxy) is 1. The van der Waals surface area contributed by atoms with Crippen molar-refractivity contribution in [2.24, 2.45) is 0 Å². The molecule has 1 aromatic carbocycles. The highest BCUT2D eigenvalue weighted by Crippen LogP contribution is 2.22. The predicted molar refractivity (Wildman–Crippen MR) is 63.2 cm³/mol. The van der Waals surface area contributed by atoms with Crippen LogP contribution in [-0.2, 0) is 0 Å². The Morgan fingerprint density at radius 3 is 2.69 bits per heavy atom. The lowest BCUT2D eigenvalue weighted by Gasteiger charge is -2.19. The zero-order valence-corrected chi connectivity index (χ0v) is 9.18. The Morgan fingerprint density at radius 2 is 2.06 bits per heavy atom. The maximum Gasteiger partial charge on any atom is 0.118 e. The zero-order valence-electron chi connectivity index (χ0n) is 9.18. The standard InChI is InChI=1S/C13H15NO2/c1-16-12-4-2-11(3-5-12)13-8-10(9-15)6-7-14-13/h2-8,13-15H,9H2,1H3. The number of benzene rings is 1. The lowest BCUT2D eigenvalue weighted by atomic mass is 10.0. The van der Waals surface area contributed by atoms with Crippen LogP contribution >= 0.6 is 0 Å². The zero-order chi connectivity index (χ0) is 11.4. The van der Waals surface area contributed by atoms with Crippen molar-refractivity contribution in [3.05, 3.63) is 53.8 Å². The Bertz CT molecular complexity index is 406. The highest BCUT2D eigenvalue weighted by atomic mass is 16.5. The van der Waals surface area contributed by atoms with E-state index in [0.29, 0.717) is 0 Å². The molecule has 0 amide bonds. The van der Waals surface area contributed by atoms with Crippen molar-refractivity contribution in [2.45, 2.75) is 6.04 Å². The largest absolute Gasteiger partial charge is 0.497 e. The van der Waals surface area contributed by atoms with E-state index in [1.165, 1.54) is 0 Å². The first-order chi connectivity index (χ1) is 7.83. The summed E-state index contributed by atoms with van der Waals surface area (Å²) in [4.78, 5) is 0. The van der Waals surface area contributed by atoms with Crippen LogP contribution in [-0.4, -0.2) is 18.8 Å². The summed E-state index contributed by atoms with van der Waals surface area (Å²) >= 11 is 0. The van der Waals surface area contributed by atoms with Gasteiger partial charge >= 0.3 is 0 Å². The van der Waals surface area contributed by atoms with E-state index < -0.39 is 0 Å². The molecule has 1 heterocycles. The van der Waals surface area contributed by atoms with Crippen molar-refractivity contribution in [3.8, 4) is 5.75 Å². The van der Waals surface area contributed by atoms with Gasteiger partial charge in [-0.3, -0.25) is 0 Å². The van der Waals surface area contributed by atoms with Gasteiger partial charge in [-0.2, -0.15) is 0 Å². The van der Waals surface area contributed by atoms with Crippen LogP contribution in [0.4, 0.5) is 0 Å². The molecule has 1 aromatic rings. The van der Waals surface area contributed by atoms with Crippen LogP contribution in [0.5, 0.6) is 5.75 Å². The van der Waals surface area contributed by atoms with Crippen LogP contribution in [0.15, 0.2) is 48.2 Å². The van der Waals surface area contributed by atoms with E-state index >= 15 is 0 Å². The van der Waals surface area contributed by atoms with Gasteiger partial charge in [0.25, 0.3) is 0 Å². The Kier molecular flexibility index (Phi) is 3.27. The van der Waals surface area contributed by atoms with E-state index in [9.17, 15) is 0 Å². The Hall–Kier alpha value is -1.74. The highest BCUT2D eigenvalue weighted by Gasteiger charge is 2.10. The van der Waals surface area contributed by atoms with E-state index in [-0.39, 0.29) is 12.6 Å². The van der Waals surface area contributed by atoms with Gasteiger partial charge < -0.3 is 15.2 Å². The van der Waals surface area contributed by atoms with E-state index in [1.807, 2.05) is 42.6 Å². The summed E-state index contributed by atoms with van der Waals surface area (Å²) in [5.74, 6) is 0.849. The molecule has 0 aromatic heterocycles. The van der Waals surface area contributed by atoms with Gasteiger partial charge in [0.15, 0.2) is 0 Å². The summed E-state index contributed by atoms with van der Waals surface area (Å²) in [5.41, 5.74) is 2.08. The molecule has 2 N–H and O–H groups in total. The van der Waals surface area contributed by atoms with E-state index in [4.69, 9.17) is 9.84 Å². The second-order valence-corrected chi connectivity index (χ2v) is 3.65. The lowest BCUT2D eigenvalue weighted by molar-refractivity contribution is 0.333. The number of hydrogen-bond acceptors (Lipinski definition) is 3. The smallest absolute Gasteiger partial charge is 0.118 e. The Labute approximate surface area is 95.1 Å². The summed E-state index contributed by atoms with van der Waals surface area (Å²) in [7, 11) is 1.65. The van der Waals surface area contributed by atoms with Gasteiger partial charge in [-0.05, 0) is 35.5 Å². The first kappa shape index (κ1) is 10.8. The summed E-state index contributed by atoms with van der Waals surface area (Å²) in [6, 6.07) is 8.02. The molecule has 0 radical (unpaired) electrons. The molecule has 0 saturated heterocycles. The number of methoxy groups -OCH3 is 1. The van der Waals surface area contributed by atoms with Crippen molar-refractivity contribution < 1.29 is 9.84 Å². The second-order valence-electron chi connectivity index (χ2n) is 3.65. The number of dihydropyridines is 1. The number of rotatable bonds is 3. The number of hydrogen-bond donors (Lipinski definition) is 2. The molecule has 0 spiro atoms. The average molecular weight is 217 g/mol. The quantitative estimate of drug-likeness (QED) is 0.810. The molecule has 0 aliphatic carbocycles. The minimum atomic E-state index is 0.0742. The van der Waals surface area contributed by atoms with Gasteiger partial charge in [0.2, 0.25) is 0 Å². The van der Waals surface area contributed by atoms with Gasteiger partial charge in [-0.1, -0.05) is 18.2 Å². The molecular weight excluding hydrogens is 202 g/mol. The predicted octanol–water partition coefficient (Wildman–Crippen LogP) is 1.77. The van der Waals surface area contributed by atoms with Crippen molar-refractivity contribution in [1.29, 1.82) is 0 Å². The van der Waals surface area contributed by atoms with Crippen molar-refractivity contribution in [2.75, 3.05) is 13.7 Å². The fourth-order valence-corrected chi connectivity index (χ4v) is 1.69. The first-order valence-electron chi connectivity index (χ1n) is 5.21. The van der Waals surface area contributed by atoms with Crippen molar-refractivity contribution in [3.63, 3.8) is 0 Å². The number of aliphatic hydroxyl groups excluding tert-OH is 1. The van der Waals surface area contributed by atoms with Gasteiger partial charge in [-0.15, -0.1) is 0 Å². The molecule has 1 aliphatic rings. The van der Waals surface area contributed by atoms with Gasteiger partial charge in [0.1, 0.15) is 5.75 Å². The molecule has 1 atom stereocenters. The molecule has 1 aliphatic heterocycles. The first-order valence-corrected chi connectivity index (χ1v) is 5.21. The molecule has 0 fully saturated rings.